The van der Waals surface area contributed by atoms with E-state index in [4.69, 9.17) is 5.73 Å². The van der Waals surface area contributed by atoms with Crippen LogP contribution in [0.25, 0.3) is 0 Å². The van der Waals surface area contributed by atoms with Gasteiger partial charge in [-0.1, -0.05) is 42.5 Å². The molecule has 0 aromatic heterocycles. The van der Waals surface area contributed by atoms with Gasteiger partial charge in [0.1, 0.15) is 11.8 Å². The Morgan fingerprint density at radius 3 is 2.40 bits per heavy atom. The van der Waals surface area contributed by atoms with Gasteiger partial charge in [0.25, 0.3) is 0 Å². The Morgan fingerprint density at radius 1 is 1.10 bits per heavy atom. The predicted octanol–water partition coefficient (Wildman–Crippen LogP) is 2.27. The first kappa shape index (κ1) is 14.1. The van der Waals surface area contributed by atoms with E-state index in [-0.39, 0.29) is 17.7 Å². The van der Waals surface area contributed by atoms with Gasteiger partial charge in [0.15, 0.2) is 0 Å². The smallest absolute Gasteiger partial charge is 0.241 e. The maximum Gasteiger partial charge on any atom is 0.241 e. The van der Waals surface area contributed by atoms with Crippen molar-refractivity contribution < 1.29 is 9.90 Å². The van der Waals surface area contributed by atoms with Crippen molar-refractivity contribution in [3.05, 3.63) is 65.7 Å². The fourth-order valence-corrected chi connectivity index (χ4v) is 1.99. The number of amides is 1. The molecule has 20 heavy (non-hydrogen) atoms. The molecule has 0 heterocycles. The Bertz CT molecular complexity index is 584. The number of phenols is 1. The van der Waals surface area contributed by atoms with Crippen LogP contribution in [0.3, 0.4) is 0 Å². The third kappa shape index (κ3) is 3.36. The molecular weight excluding hydrogens is 252 g/mol. The van der Waals surface area contributed by atoms with Gasteiger partial charge in [0.2, 0.25) is 5.91 Å². The number of phenolic OH excluding ortho intramolecular Hbond substituents is 1. The van der Waals surface area contributed by atoms with Crippen molar-refractivity contribution in [2.24, 2.45) is 5.73 Å². The van der Waals surface area contributed by atoms with Crippen LogP contribution in [0.4, 0.5) is 0 Å². The second-order valence-electron chi connectivity index (χ2n) is 4.71. The Kier molecular flexibility index (Phi) is 4.38. The minimum atomic E-state index is -0.698. The molecule has 2 atom stereocenters. The molecule has 4 nitrogen and oxygen atoms in total. The van der Waals surface area contributed by atoms with Crippen LogP contribution in [0.15, 0.2) is 54.6 Å². The molecule has 0 fully saturated rings. The van der Waals surface area contributed by atoms with E-state index in [1.165, 1.54) is 0 Å². The highest BCUT2D eigenvalue weighted by Gasteiger charge is 2.18. The van der Waals surface area contributed by atoms with E-state index < -0.39 is 6.04 Å². The molecule has 1 amide bonds. The van der Waals surface area contributed by atoms with Gasteiger partial charge >= 0.3 is 0 Å². The maximum absolute atomic E-state index is 12.1. The molecule has 0 spiro atoms. The molecule has 104 valence electrons. The molecule has 0 aliphatic heterocycles. The number of nitrogens with one attached hydrogen (secondary N) is 1. The lowest BCUT2D eigenvalue weighted by atomic mass is 10.0. The van der Waals surface area contributed by atoms with Gasteiger partial charge in [-0.25, -0.2) is 0 Å². The van der Waals surface area contributed by atoms with Crippen LogP contribution in [-0.4, -0.2) is 11.0 Å². The van der Waals surface area contributed by atoms with Crippen molar-refractivity contribution in [1.82, 2.24) is 5.32 Å². The highest BCUT2D eigenvalue weighted by atomic mass is 16.3. The number of rotatable bonds is 4. The first-order valence-electron chi connectivity index (χ1n) is 6.48. The summed E-state index contributed by atoms with van der Waals surface area (Å²) in [7, 11) is 0. The summed E-state index contributed by atoms with van der Waals surface area (Å²) in [6.07, 6.45) is 0. The molecular formula is C16H18N2O2. The zero-order valence-electron chi connectivity index (χ0n) is 11.3. The van der Waals surface area contributed by atoms with E-state index in [2.05, 4.69) is 5.32 Å². The van der Waals surface area contributed by atoms with Crippen LogP contribution in [0, 0.1) is 0 Å². The minimum Gasteiger partial charge on any atom is -0.508 e. The van der Waals surface area contributed by atoms with Gasteiger partial charge in [0, 0.05) is 0 Å². The second-order valence-corrected chi connectivity index (χ2v) is 4.71. The summed E-state index contributed by atoms with van der Waals surface area (Å²) < 4.78 is 0. The van der Waals surface area contributed by atoms with E-state index in [1.807, 2.05) is 43.3 Å². The van der Waals surface area contributed by atoms with Crippen molar-refractivity contribution in [3.8, 4) is 5.75 Å². The summed E-state index contributed by atoms with van der Waals surface area (Å²) >= 11 is 0. The zero-order valence-corrected chi connectivity index (χ0v) is 11.3. The van der Waals surface area contributed by atoms with Gasteiger partial charge < -0.3 is 16.2 Å². The van der Waals surface area contributed by atoms with Gasteiger partial charge in [-0.15, -0.1) is 0 Å². The fraction of sp³-hybridized carbons (Fsp3) is 0.188. The van der Waals surface area contributed by atoms with Gasteiger partial charge in [-0.2, -0.15) is 0 Å². The maximum atomic E-state index is 12.1. The molecule has 0 aliphatic carbocycles. The SMILES string of the molecule is CC(NC(=O)[C@H](N)c1ccccc1)c1cccc(O)c1. The molecule has 0 bridgehead atoms. The van der Waals surface area contributed by atoms with Crippen LogP contribution < -0.4 is 11.1 Å². The minimum absolute atomic E-state index is 0.177. The predicted molar refractivity (Wildman–Crippen MR) is 78.0 cm³/mol. The van der Waals surface area contributed by atoms with E-state index in [1.54, 1.807) is 18.2 Å². The lowest BCUT2D eigenvalue weighted by molar-refractivity contribution is -0.123. The van der Waals surface area contributed by atoms with Crippen LogP contribution in [-0.2, 0) is 4.79 Å². The number of aromatic hydroxyl groups is 1. The molecule has 0 saturated carbocycles. The second kappa shape index (κ2) is 6.21. The number of nitrogens with two attached hydrogens (primary N) is 1. The first-order valence-corrected chi connectivity index (χ1v) is 6.48. The summed E-state index contributed by atoms with van der Waals surface area (Å²) in [5.41, 5.74) is 7.54. The third-order valence-electron chi connectivity index (χ3n) is 3.17. The van der Waals surface area contributed by atoms with Crippen molar-refractivity contribution in [2.75, 3.05) is 0 Å². The van der Waals surface area contributed by atoms with E-state index in [0.29, 0.717) is 0 Å². The summed E-state index contributed by atoms with van der Waals surface area (Å²) in [5.74, 6) is -0.0667. The van der Waals surface area contributed by atoms with Crippen molar-refractivity contribution >= 4 is 5.91 Å². The lowest BCUT2D eigenvalue weighted by Crippen LogP contribution is -2.35. The average molecular weight is 270 g/mol. The monoisotopic (exact) mass is 270 g/mol. The topological polar surface area (TPSA) is 75.4 Å². The Hall–Kier alpha value is -2.33. The molecule has 4 N–H and O–H groups in total. The Balaban J connectivity index is 2.04. The number of carbonyl (C=O) groups excluding carboxylic acids is 1. The fourth-order valence-electron chi connectivity index (χ4n) is 1.99. The lowest BCUT2D eigenvalue weighted by Gasteiger charge is -2.18. The molecule has 4 heteroatoms. The third-order valence-corrected chi connectivity index (χ3v) is 3.17. The summed E-state index contributed by atoms with van der Waals surface area (Å²) in [6, 6.07) is 15.1. The summed E-state index contributed by atoms with van der Waals surface area (Å²) in [5, 5.41) is 12.3. The molecule has 0 saturated heterocycles. The summed E-state index contributed by atoms with van der Waals surface area (Å²) in [6.45, 7) is 1.85. The van der Waals surface area contributed by atoms with Crippen molar-refractivity contribution in [3.63, 3.8) is 0 Å². The molecule has 0 radical (unpaired) electrons. The van der Waals surface area contributed by atoms with Crippen LogP contribution in [0.2, 0.25) is 0 Å². The highest BCUT2D eigenvalue weighted by molar-refractivity contribution is 5.83. The van der Waals surface area contributed by atoms with Gasteiger partial charge in [-0.3, -0.25) is 4.79 Å². The van der Waals surface area contributed by atoms with E-state index in [0.717, 1.165) is 11.1 Å². The van der Waals surface area contributed by atoms with Gasteiger partial charge in [-0.05, 0) is 30.2 Å². The zero-order chi connectivity index (χ0) is 14.5. The molecule has 2 aromatic carbocycles. The van der Waals surface area contributed by atoms with Crippen molar-refractivity contribution in [2.45, 2.75) is 19.0 Å². The van der Waals surface area contributed by atoms with Crippen LogP contribution in [0.1, 0.15) is 30.1 Å². The average Bonchev–Trinajstić information content (AvgIpc) is 2.47. The number of carbonyl (C=O) groups is 1. The largest absolute Gasteiger partial charge is 0.508 e. The number of benzene rings is 2. The number of hydrogen-bond acceptors (Lipinski definition) is 3. The summed E-state index contributed by atoms with van der Waals surface area (Å²) in [4.78, 5) is 12.1. The first-order chi connectivity index (χ1) is 9.58. The standard InChI is InChI=1S/C16H18N2O2/c1-11(13-8-5-9-14(19)10-13)18-16(20)15(17)12-6-3-2-4-7-12/h2-11,15,19H,17H2,1H3,(H,18,20)/t11?,15-/m1/s1. The normalized spacial score (nSPS) is 13.5. The molecule has 2 rings (SSSR count). The van der Waals surface area contributed by atoms with Crippen LogP contribution in [0.5, 0.6) is 5.75 Å². The molecule has 0 aliphatic rings. The van der Waals surface area contributed by atoms with E-state index in [9.17, 15) is 9.90 Å². The van der Waals surface area contributed by atoms with Gasteiger partial charge in [0.05, 0.1) is 6.04 Å². The quantitative estimate of drug-likeness (QED) is 0.797. The Morgan fingerprint density at radius 2 is 1.75 bits per heavy atom. The highest BCUT2D eigenvalue weighted by Crippen LogP contribution is 2.19. The Labute approximate surface area is 118 Å². The number of hydrogen-bond donors (Lipinski definition) is 3. The molecule has 1 unspecified atom stereocenters. The van der Waals surface area contributed by atoms with E-state index >= 15 is 0 Å². The molecule has 2 aromatic rings. The van der Waals surface area contributed by atoms with Crippen molar-refractivity contribution in [1.29, 1.82) is 0 Å². The van der Waals surface area contributed by atoms with Crippen LogP contribution >= 0.6 is 0 Å².